The van der Waals surface area contributed by atoms with Gasteiger partial charge in [0.15, 0.2) is 0 Å². The zero-order chi connectivity index (χ0) is 12.3. The van der Waals surface area contributed by atoms with E-state index in [4.69, 9.17) is 4.74 Å². The molecule has 0 aromatic heterocycles. The van der Waals surface area contributed by atoms with Crippen molar-refractivity contribution < 1.29 is 19.1 Å². The van der Waals surface area contributed by atoms with Crippen molar-refractivity contribution >= 4 is 17.8 Å². The molecule has 90 valence electrons. The van der Waals surface area contributed by atoms with Crippen molar-refractivity contribution in [3.05, 3.63) is 0 Å². The van der Waals surface area contributed by atoms with Crippen LogP contribution in [0, 0.1) is 5.41 Å². The number of carbonyl (C=O) groups excluding carboxylic acids is 3. The number of hydrogen-bond acceptors (Lipinski definition) is 4. The Balaban J connectivity index is 2.33. The van der Waals surface area contributed by atoms with Crippen LogP contribution in [0.4, 0.5) is 0 Å². The molecule has 0 spiro atoms. The van der Waals surface area contributed by atoms with Gasteiger partial charge in [-0.15, -0.1) is 0 Å². The van der Waals surface area contributed by atoms with E-state index in [-0.39, 0.29) is 43.8 Å². The molecule has 0 bridgehead atoms. The summed E-state index contributed by atoms with van der Waals surface area (Å²) in [7, 11) is 0. The molecule has 1 aliphatic heterocycles. The lowest BCUT2D eigenvalue weighted by Gasteiger charge is -2.18. The maximum Gasteiger partial charge on any atom is 0.311 e. The van der Waals surface area contributed by atoms with Gasteiger partial charge in [-0.3, -0.25) is 19.3 Å². The van der Waals surface area contributed by atoms with Crippen LogP contribution in [0.3, 0.4) is 0 Å². The van der Waals surface area contributed by atoms with E-state index in [1.54, 1.807) is 20.8 Å². The molecule has 1 aliphatic rings. The Morgan fingerprint density at radius 2 is 1.75 bits per heavy atom. The van der Waals surface area contributed by atoms with Gasteiger partial charge >= 0.3 is 5.97 Å². The Morgan fingerprint density at radius 1 is 1.25 bits per heavy atom. The Kier molecular flexibility index (Phi) is 3.67. The predicted octanol–water partition coefficient (Wildman–Crippen LogP) is 0.725. The van der Waals surface area contributed by atoms with Gasteiger partial charge in [0.25, 0.3) is 0 Å². The molecule has 5 nitrogen and oxygen atoms in total. The fraction of sp³-hybridized carbons (Fsp3) is 0.727. The first-order chi connectivity index (χ1) is 7.32. The monoisotopic (exact) mass is 227 g/mol. The van der Waals surface area contributed by atoms with E-state index < -0.39 is 5.41 Å². The molecule has 1 heterocycles. The Hall–Kier alpha value is -1.39. The van der Waals surface area contributed by atoms with Crippen LogP contribution in [-0.4, -0.2) is 35.8 Å². The van der Waals surface area contributed by atoms with Gasteiger partial charge in [0.2, 0.25) is 11.8 Å². The van der Waals surface area contributed by atoms with Crippen LogP contribution in [0.2, 0.25) is 0 Å². The number of carbonyl (C=O) groups is 3. The molecule has 16 heavy (non-hydrogen) atoms. The number of imide groups is 1. The topological polar surface area (TPSA) is 63.7 Å². The molecular weight excluding hydrogens is 210 g/mol. The van der Waals surface area contributed by atoms with Crippen LogP contribution in [0.1, 0.15) is 33.6 Å². The number of ether oxygens (including phenoxy) is 1. The molecule has 0 unspecified atom stereocenters. The number of amides is 2. The number of likely N-dealkylation sites (tertiary alicyclic amines) is 1. The van der Waals surface area contributed by atoms with Gasteiger partial charge in [0, 0.05) is 12.8 Å². The van der Waals surface area contributed by atoms with Crippen LogP contribution < -0.4 is 0 Å². The van der Waals surface area contributed by atoms with Gasteiger partial charge in [-0.25, -0.2) is 0 Å². The first-order valence-corrected chi connectivity index (χ1v) is 5.33. The molecule has 1 saturated heterocycles. The lowest BCUT2D eigenvalue weighted by molar-refractivity contribution is -0.155. The molecule has 0 atom stereocenters. The third kappa shape index (κ3) is 3.05. The van der Waals surface area contributed by atoms with Crippen molar-refractivity contribution in [1.29, 1.82) is 0 Å². The number of rotatable bonds is 3. The second-order valence-electron chi connectivity index (χ2n) is 4.83. The third-order valence-electron chi connectivity index (χ3n) is 2.32. The minimum Gasteiger partial charge on any atom is -0.463 e. The highest BCUT2D eigenvalue weighted by Gasteiger charge is 2.29. The van der Waals surface area contributed by atoms with Gasteiger partial charge in [0.1, 0.15) is 6.61 Å². The van der Waals surface area contributed by atoms with Crippen molar-refractivity contribution in [2.45, 2.75) is 33.6 Å². The van der Waals surface area contributed by atoms with Crippen LogP contribution in [0.25, 0.3) is 0 Å². The van der Waals surface area contributed by atoms with E-state index in [1.165, 1.54) is 0 Å². The summed E-state index contributed by atoms with van der Waals surface area (Å²) in [5, 5.41) is 0. The summed E-state index contributed by atoms with van der Waals surface area (Å²) >= 11 is 0. The van der Waals surface area contributed by atoms with Gasteiger partial charge in [0.05, 0.1) is 12.0 Å². The predicted molar refractivity (Wildman–Crippen MR) is 56.4 cm³/mol. The molecular formula is C11H17NO4. The summed E-state index contributed by atoms with van der Waals surface area (Å²) in [6, 6.07) is 0. The van der Waals surface area contributed by atoms with Gasteiger partial charge in [-0.05, 0) is 20.8 Å². The summed E-state index contributed by atoms with van der Waals surface area (Å²) in [4.78, 5) is 35.0. The van der Waals surface area contributed by atoms with Gasteiger partial charge < -0.3 is 4.74 Å². The summed E-state index contributed by atoms with van der Waals surface area (Å²) in [5.41, 5.74) is -0.557. The SMILES string of the molecule is CC(C)(C)C(=O)OCCN1C(=O)CCC1=O. The zero-order valence-electron chi connectivity index (χ0n) is 9.91. The Labute approximate surface area is 94.7 Å². The van der Waals surface area contributed by atoms with E-state index >= 15 is 0 Å². The van der Waals surface area contributed by atoms with E-state index in [9.17, 15) is 14.4 Å². The second-order valence-corrected chi connectivity index (χ2v) is 4.83. The molecule has 1 rings (SSSR count). The first kappa shape index (κ1) is 12.7. The van der Waals surface area contributed by atoms with E-state index in [1.807, 2.05) is 0 Å². The number of hydrogen-bond donors (Lipinski definition) is 0. The van der Waals surface area contributed by atoms with Crippen molar-refractivity contribution in [3.8, 4) is 0 Å². The molecule has 1 fully saturated rings. The Morgan fingerprint density at radius 3 is 2.19 bits per heavy atom. The van der Waals surface area contributed by atoms with Gasteiger partial charge in [-0.2, -0.15) is 0 Å². The lowest BCUT2D eigenvalue weighted by Crippen LogP contribution is -2.34. The second kappa shape index (κ2) is 4.63. The minimum absolute atomic E-state index is 0.0770. The first-order valence-electron chi connectivity index (χ1n) is 5.33. The van der Waals surface area contributed by atoms with Crippen molar-refractivity contribution in [3.63, 3.8) is 0 Å². The maximum atomic E-state index is 11.4. The Bertz CT molecular complexity index is 300. The lowest BCUT2D eigenvalue weighted by atomic mass is 9.97. The number of nitrogens with zero attached hydrogens (tertiary/aromatic N) is 1. The largest absolute Gasteiger partial charge is 0.463 e. The highest BCUT2D eigenvalue weighted by atomic mass is 16.5. The minimum atomic E-state index is -0.557. The van der Waals surface area contributed by atoms with Crippen molar-refractivity contribution in [2.24, 2.45) is 5.41 Å². The molecule has 0 radical (unpaired) electrons. The van der Waals surface area contributed by atoms with Crippen LogP contribution in [-0.2, 0) is 19.1 Å². The van der Waals surface area contributed by atoms with Gasteiger partial charge in [-0.1, -0.05) is 0 Å². The fourth-order valence-corrected chi connectivity index (χ4v) is 1.32. The van der Waals surface area contributed by atoms with Crippen molar-refractivity contribution in [2.75, 3.05) is 13.2 Å². The van der Waals surface area contributed by atoms with Crippen molar-refractivity contribution in [1.82, 2.24) is 4.90 Å². The summed E-state index contributed by atoms with van der Waals surface area (Å²) < 4.78 is 4.98. The molecule has 0 aromatic rings. The van der Waals surface area contributed by atoms with Crippen LogP contribution in [0.15, 0.2) is 0 Å². The fourth-order valence-electron chi connectivity index (χ4n) is 1.32. The van der Waals surface area contributed by atoms with E-state index in [0.717, 1.165) is 4.90 Å². The standard InChI is InChI=1S/C11H17NO4/c1-11(2,3)10(15)16-7-6-12-8(13)4-5-9(12)14/h4-7H2,1-3H3. The van der Waals surface area contributed by atoms with E-state index in [0.29, 0.717) is 0 Å². The molecule has 2 amide bonds. The zero-order valence-corrected chi connectivity index (χ0v) is 9.91. The smallest absolute Gasteiger partial charge is 0.311 e. The summed E-state index contributed by atoms with van der Waals surface area (Å²) in [6.45, 7) is 5.50. The normalized spacial score (nSPS) is 16.8. The highest BCUT2D eigenvalue weighted by Crippen LogP contribution is 2.15. The molecule has 5 heteroatoms. The molecule has 0 aliphatic carbocycles. The van der Waals surface area contributed by atoms with Crippen LogP contribution in [0.5, 0.6) is 0 Å². The number of esters is 1. The van der Waals surface area contributed by atoms with Crippen LogP contribution >= 0.6 is 0 Å². The maximum absolute atomic E-state index is 11.4. The average Bonchev–Trinajstić information content (AvgIpc) is 2.47. The highest BCUT2D eigenvalue weighted by molar-refractivity contribution is 6.01. The average molecular weight is 227 g/mol. The molecule has 0 saturated carbocycles. The summed E-state index contributed by atoms with van der Waals surface area (Å²) in [5.74, 6) is -0.694. The third-order valence-corrected chi connectivity index (χ3v) is 2.32. The van der Waals surface area contributed by atoms with E-state index in [2.05, 4.69) is 0 Å². The summed E-state index contributed by atoms with van der Waals surface area (Å²) in [6.07, 6.45) is 0.540. The quantitative estimate of drug-likeness (QED) is 0.526. The molecule has 0 N–H and O–H groups in total. The molecule has 0 aromatic carbocycles.